The van der Waals surface area contributed by atoms with Crippen LogP contribution in [0, 0.1) is 5.92 Å². The monoisotopic (exact) mass is 403 g/mol. The van der Waals surface area contributed by atoms with Crippen molar-refractivity contribution < 1.29 is 4.42 Å². The van der Waals surface area contributed by atoms with Crippen molar-refractivity contribution in [3.63, 3.8) is 0 Å². The lowest BCUT2D eigenvalue weighted by Crippen LogP contribution is -2.39. The highest BCUT2D eigenvalue weighted by Crippen LogP contribution is 2.25. The highest BCUT2D eigenvalue weighted by atomic mass is 16.3. The zero-order chi connectivity index (χ0) is 20.3. The second-order valence-electron chi connectivity index (χ2n) is 8.68. The van der Waals surface area contributed by atoms with Crippen LogP contribution in [0.15, 0.2) is 27.8 Å². The maximum absolute atomic E-state index is 5.72. The fourth-order valence-corrected chi connectivity index (χ4v) is 4.60. The number of aliphatic imine (C=N–C) groups is 1. The maximum Gasteiger partial charge on any atom is 0.191 e. The predicted molar refractivity (Wildman–Crippen MR) is 120 cm³/mol. The van der Waals surface area contributed by atoms with Gasteiger partial charge in [0.15, 0.2) is 5.96 Å². The van der Waals surface area contributed by atoms with Crippen molar-refractivity contribution in [1.82, 2.24) is 20.4 Å². The third kappa shape index (κ3) is 7.34. The number of hydrogen-bond donors (Lipinski definition) is 2. The molecule has 3 rings (SSSR count). The van der Waals surface area contributed by atoms with Gasteiger partial charge < -0.3 is 20.0 Å². The van der Waals surface area contributed by atoms with Crippen molar-refractivity contribution >= 4 is 5.96 Å². The van der Waals surface area contributed by atoms with E-state index < -0.39 is 0 Å². The molecule has 0 radical (unpaired) electrons. The number of furan rings is 1. The Bertz CT molecular complexity index is 582. The SMILES string of the molecule is CCNC(=NCC(c1ccco1)N1CCCC1)NCCCCN1CCCC(C)C1. The molecule has 29 heavy (non-hydrogen) atoms. The second-order valence-corrected chi connectivity index (χ2v) is 8.68. The van der Waals surface area contributed by atoms with Crippen LogP contribution in [0.1, 0.15) is 64.2 Å². The van der Waals surface area contributed by atoms with Gasteiger partial charge in [0, 0.05) is 19.6 Å². The maximum atomic E-state index is 5.72. The zero-order valence-corrected chi connectivity index (χ0v) is 18.5. The summed E-state index contributed by atoms with van der Waals surface area (Å²) < 4.78 is 5.72. The van der Waals surface area contributed by atoms with Gasteiger partial charge in [0.1, 0.15) is 5.76 Å². The van der Waals surface area contributed by atoms with E-state index in [2.05, 4.69) is 40.3 Å². The number of unbranched alkanes of at least 4 members (excludes halogenated alkanes) is 1. The molecular formula is C23H41N5O. The first-order valence-corrected chi connectivity index (χ1v) is 11.8. The van der Waals surface area contributed by atoms with Gasteiger partial charge in [-0.15, -0.1) is 0 Å². The molecule has 1 aromatic rings. The summed E-state index contributed by atoms with van der Waals surface area (Å²) in [6.07, 6.45) is 9.52. The van der Waals surface area contributed by atoms with Gasteiger partial charge in [0.2, 0.25) is 0 Å². The lowest BCUT2D eigenvalue weighted by molar-refractivity contribution is 0.181. The minimum absolute atomic E-state index is 0.240. The van der Waals surface area contributed by atoms with E-state index in [1.807, 2.05) is 6.07 Å². The normalized spacial score (nSPS) is 22.7. The molecular weight excluding hydrogens is 362 g/mol. The van der Waals surface area contributed by atoms with Crippen LogP contribution in [0.3, 0.4) is 0 Å². The van der Waals surface area contributed by atoms with E-state index in [0.29, 0.717) is 0 Å². The van der Waals surface area contributed by atoms with Gasteiger partial charge in [-0.05, 0) is 89.7 Å². The van der Waals surface area contributed by atoms with Crippen molar-refractivity contribution in [2.75, 3.05) is 52.4 Å². The molecule has 2 aliphatic rings. The number of nitrogens with one attached hydrogen (secondary N) is 2. The number of guanidine groups is 1. The van der Waals surface area contributed by atoms with E-state index in [9.17, 15) is 0 Å². The summed E-state index contributed by atoms with van der Waals surface area (Å²) in [6.45, 7) is 13.2. The molecule has 6 nitrogen and oxygen atoms in total. The molecule has 0 amide bonds. The van der Waals surface area contributed by atoms with Crippen LogP contribution in [-0.2, 0) is 0 Å². The highest BCUT2D eigenvalue weighted by molar-refractivity contribution is 5.79. The average Bonchev–Trinajstić information content (AvgIpc) is 3.43. The molecule has 2 saturated heterocycles. The second kappa shape index (κ2) is 12.2. The molecule has 2 fully saturated rings. The smallest absolute Gasteiger partial charge is 0.191 e. The van der Waals surface area contributed by atoms with E-state index in [1.165, 1.54) is 58.2 Å². The average molecular weight is 404 g/mol. The summed E-state index contributed by atoms with van der Waals surface area (Å²) in [4.78, 5) is 10.0. The summed E-state index contributed by atoms with van der Waals surface area (Å²) in [6, 6.07) is 4.30. The Morgan fingerprint density at radius 3 is 2.79 bits per heavy atom. The molecule has 0 bridgehead atoms. The minimum Gasteiger partial charge on any atom is -0.468 e. The van der Waals surface area contributed by atoms with Crippen LogP contribution in [0.2, 0.25) is 0 Å². The Hall–Kier alpha value is -1.53. The van der Waals surface area contributed by atoms with Crippen LogP contribution >= 0.6 is 0 Å². The minimum atomic E-state index is 0.240. The molecule has 2 aliphatic heterocycles. The van der Waals surface area contributed by atoms with E-state index in [4.69, 9.17) is 9.41 Å². The van der Waals surface area contributed by atoms with Gasteiger partial charge in [-0.3, -0.25) is 9.89 Å². The van der Waals surface area contributed by atoms with Crippen LogP contribution in [0.4, 0.5) is 0 Å². The van der Waals surface area contributed by atoms with Crippen LogP contribution in [-0.4, -0.2) is 68.1 Å². The van der Waals surface area contributed by atoms with Crippen molar-refractivity contribution in [1.29, 1.82) is 0 Å². The van der Waals surface area contributed by atoms with E-state index in [0.717, 1.165) is 50.4 Å². The van der Waals surface area contributed by atoms with Crippen molar-refractivity contribution in [2.45, 2.75) is 58.4 Å². The van der Waals surface area contributed by atoms with Crippen LogP contribution in [0.5, 0.6) is 0 Å². The molecule has 3 heterocycles. The third-order valence-corrected chi connectivity index (χ3v) is 6.15. The van der Waals surface area contributed by atoms with Gasteiger partial charge >= 0.3 is 0 Å². The number of likely N-dealkylation sites (tertiary alicyclic amines) is 2. The van der Waals surface area contributed by atoms with E-state index in [-0.39, 0.29) is 6.04 Å². The first-order chi connectivity index (χ1) is 14.3. The summed E-state index contributed by atoms with van der Waals surface area (Å²) in [5, 5.41) is 6.93. The Labute approximate surface area is 177 Å². The summed E-state index contributed by atoms with van der Waals surface area (Å²) in [5.41, 5.74) is 0. The van der Waals surface area contributed by atoms with Crippen molar-refractivity contribution in [2.24, 2.45) is 10.9 Å². The van der Waals surface area contributed by atoms with E-state index >= 15 is 0 Å². The molecule has 0 saturated carbocycles. The van der Waals surface area contributed by atoms with Gasteiger partial charge in [-0.25, -0.2) is 0 Å². The molecule has 2 atom stereocenters. The van der Waals surface area contributed by atoms with Crippen molar-refractivity contribution in [3.8, 4) is 0 Å². The highest BCUT2D eigenvalue weighted by Gasteiger charge is 2.25. The molecule has 0 aliphatic carbocycles. The number of hydrogen-bond acceptors (Lipinski definition) is 4. The molecule has 164 valence electrons. The fourth-order valence-electron chi connectivity index (χ4n) is 4.60. The molecule has 2 unspecified atom stereocenters. The molecule has 1 aromatic heterocycles. The Balaban J connectivity index is 1.43. The standard InChI is InChI=1S/C23H41N5O/c1-3-24-23(25-12-4-5-13-27-14-8-10-20(2)19-27)26-18-21(22-11-9-17-29-22)28-15-6-7-16-28/h9,11,17,20-21H,3-8,10,12-16,18-19H2,1-2H3,(H2,24,25,26). The predicted octanol–water partition coefficient (Wildman–Crippen LogP) is 3.48. The van der Waals surface area contributed by atoms with Crippen LogP contribution in [0.25, 0.3) is 0 Å². The first kappa shape index (κ1) is 22.2. The molecule has 0 aromatic carbocycles. The largest absolute Gasteiger partial charge is 0.468 e. The van der Waals surface area contributed by atoms with Gasteiger partial charge in [-0.2, -0.15) is 0 Å². The lowest BCUT2D eigenvalue weighted by Gasteiger charge is -2.30. The molecule has 0 spiro atoms. The zero-order valence-electron chi connectivity index (χ0n) is 18.5. The molecule has 6 heteroatoms. The number of piperidine rings is 1. The summed E-state index contributed by atoms with van der Waals surface area (Å²) in [5.74, 6) is 2.82. The summed E-state index contributed by atoms with van der Waals surface area (Å²) >= 11 is 0. The van der Waals surface area contributed by atoms with Gasteiger partial charge in [-0.1, -0.05) is 6.92 Å². The first-order valence-electron chi connectivity index (χ1n) is 11.8. The molecule has 2 N–H and O–H groups in total. The third-order valence-electron chi connectivity index (χ3n) is 6.15. The summed E-state index contributed by atoms with van der Waals surface area (Å²) in [7, 11) is 0. The van der Waals surface area contributed by atoms with Crippen molar-refractivity contribution in [3.05, 3.63) is 24.2 Å². The lowest BCUT2D eigenvalue weighted by atomic mass is 10.0. The number of rotatable bonds is 10. The van der Waals surface area contributed by atoms with Gasteiger partial charge in [0.05, 0.1) is 18.8 Å². The van der Waals surface area contributed by atoms with Crippen LogP contribution < -0.4 is 10.6 Å². The Morgan fingerprint density at radius 1 is 1.21 bits per heavy atom. The number of nitrogens with zero attached hydrogens (tertiary/aromatic N) is 3. The Kier molecular flexibility index (Phi) is 9.35. The van der Waals surface area contributed by atoms with E-state index in [1.54, 1.807) is 6.26 Å². The van der Waals surface area contributed by atoms with Gasteiger partial charge in [0.25, 0.3) is 0 Å². The Morgan fingerprint density at radius 2 is 2.07 bits per heavy atom. The topological polar surface area (TPSA) is 56.0 Å². The quantitative estimate of drug-likeness (QED) is 0.356. The fraction of sp³-hybridized carbons (Fsp3) is 0.783.